The van der Waals surface area contributed by atoms with Gasteiger partial charge in [-0.05, 0) is 60.8 Å². The van der Waals surface area contributed by atoms with E-state index in [4.69, 9.17) is 5.73 Å². The Morgan fingerprint density at radius 1 is 1.20 bits per heavy atom. The monoisotopic (exact) mass is 403 g/mol. The number of rotatable bonds is 4. The lowest BCUT2D eigenvalue weighted by Gasteiger charge is -2.26. The van der Waals surface area contributed by atoms with E-state index in [-0.39, 0.29) is 5.91 Å². The molecule has 6 heteroatoms. The molecule has 0 radical (unpaired) electrons. The summed E-state index contributed by atoms with van der Waals surface area (Å²) in [6.45, 7) is 3.87. The Balaban J connectivity index is 1.96. The smallest absolute Gasteiger partial charge is 0.253 e. The molecule has 0 saturated heterocycles. The van der Waals surface area contributed by atoms with Gasteiger partial charge in [-0.2, -0.15) is 0 Å². The standard InChI is InChI=1S/C19H22BrN3O2/c1-12-11-14(13(2)23(12)16-8-4-3-7-15(16)20)17(24)22-19(18(21)25)9-5-6-10-19/h3-4,7-8,11H,5-6,9-10H2,1-2H3,(H2,21,25)(H,22,24). The zero-order valence-electron chi connectivity index (χ0n) is 14.4. The van der Waals surface area contributed by atoms with Crippen molar-refractivity contribution in [1.82, 2.24) is 9.88 Å². The Hall–Kier alpha value is -2.08. The highest BCUT2D eigenvalue weighted by Crippen LogP contribution is 2.31. The Labute approximate surface area is 155 Å². The van der Waals surface area contributed by atoms with Crippen molar-refractivity contribution in [3.05, 3.63) is 51.8 Å². The molecule has 3 rings (SSSR count). The number of carbonyl (C=O) groups excluding carboxylic acids is 2. The first-order valence-electron chi connectivity index (χ1n) is 8.42. The van der Waals surface area contributed by atoms with Gasteiger partial charge in [0, 0.05) is 15.9 Å². The van der Waals surface area contributed by atoms with Crippen LogP contribution >= 0.6 is 15.9 Å². The van der Waals surface area contributed by atoms with E-state index in [1.807, 2.05) is 48.7 Å². The number of nitrogens with one attached hydrogen (secondary N) is 1. The molecule has 132 valence electrons. The number of primary amides is 1. The maximum absolute atomic E-state index is 12.9. The van der Waals surface area contributed by atoms with Crippen LogP contribution in [0.3, 0.4) is 0 Å². The normalized spacial score (nSPS) is 16.0. The predicted octanol–water partition coefficient (Wildman–Crippen LogP) is 3.38. The molecule has 3 N–H and O–H groups in total. The van der Waals surface area contributed by atoms with E-state index in [9.17, 15) is 9.59 Å². The van der Waals surface area contributed by atoms with E-state index in [0.29, 0.717) is 18.4 Å². The molecule has 0 bridgehead atoms. The van der Waals surface area contributed by atoms with E-state index in [0.717, 1.165) is 34.4 Å². The number of halogens is 1. The highest BCUT2D eigenvalue weighted by atomic mass is 79.9. The number of nitrogens with zero attached hydrogens (tertiary/aromatic N) is 1. The highest BCUT2D eigenvalue weighted by molar-refractivity contribution is 9.10. The molecular weight excluding hydrogens is 382 g/mol. The maximum atomic E-state index is 12.9. The van der Waals surface area contributed by atoms with Gasteiger partial charge >= 0.3 is 0 Å². The number of aromatic nitrogens is 1. The fourth-order valence-electron chi connectivity index (χ4n) is 3.69. The van der Waals surface area contributed by atoms with Gasteiger partial charge in [0.2, 0.25) is 5.91 Å². The molecule has 0 spiro atoms. The van der Waals surface area contributed by atoms with Crippen LogP contribution in [0, 0.1) is 13.8 Å². The summed E-state index contributed by atoms with van der Waals surface area (Å²) >= 11 is 3.56. The molecule has 1 aromatic heterocycles. The second-order valence-electron chi connectivity index (χ2n) is 6.68. The minimum Gasteiger partial charge on any atom is -0.368 e. The first kappa shape index (κ1) is 17.7. The zero-order chi connectivity index (χ0) is 18.2. The Morgan fingerprint density at radius 3 is 2.44 bits per heavy atom. The molecular formula is C19H22BrN3O2. The van der Waals surface area contributed by atoms with Crippen molar-refractivity contribution in [2.75, 3.05) is 0 Å². The van der Waals surface area contributed by atoms with Crippen LogP contribution in [-0.2, 0) is 4.79 Å². The van der Waals surface area contributed by atoms with Gasteiger partial charge in [-0.1, -0.05) is 25.0 Å². The summed E-state index contributed by atoms with van der Waals surface area (Å²) < 4.78 is 2.98. The molecule has 1 aromatic carbocycles. The van der Waals surface area contributed by atoms with Crippen LogP contribution in [0.1, 0.15) is 47.4 Å². The fourth-order valence-corrected chi connectivity index (χ4v) is 4.15. The lowest BCUT2D eigenvalue weighted by molar-refractivity contribution is -0.123. The van der Waals surface area contributed by atoms with E-state index < -0.39 is 11.4 Å². The van der Waals surface area contributed by atoms with Crippen molar-refractivity contribution < 1.29 is 9.59 Å². The predicted molar refractivity (Wildman–Crippen MR) is 101 cm³/mol. The van der Waals surface area contributed by atoms with Crippen LogP contribution in [-0.4, -0.2) is 21.9 Å². The molecule has 1 heterocycles. The van der Waals surface area contributed by atoms with E-state index >= 15 is 0 Å². The van der Waals surface area contributed by atoms with E-state index in [1.54, 1.807) is 0 Å². The SMILES string of the molecule is Cc1cc(C(=O)NC2(C(N)=O)CCCC2)c(C)n1-c1ccccc1Br. The summed E-state index contributed by atoms with van der Waals surface area (Å²) in [6.07, 6.45) is 3.02. The Morgan fingerprint density at radius 2 is 1.84 bits per heavy atom. The van der Waals surface area contributed by atoms with Crippen LogP contribution < -0.4 is 11.1 Å². The Kier molecular flexibility index (Phi) is 4.73. The van der Waals surface area contributed by atoms with Crippen molar-refractivity contribution in [2.45, 2.75) is 45.1 Å². The minimum atomic E-state index is -0.910. The van der Waals surface area contributed by atoms with Crippen molar-refractivity contribution in [1.29, 1.82) is 0 Å². The average molecular weight is 404 g/mol. The first-order valence-corrected chi connectivity index (χ1v) is 9.21. The second-order valence-corrected chi connectivity index (χ2v) is 7.53. The summed E-state index contributed by atoms with van der Waals surface area (Å²) in [5.74, 6) is -0.690. The van der Waals surface area contributed by atoms with Gasteiger partial charge in [0.15, 0.2) is 0 Å². The molecule has 0 unspecified atom stereocenters. The molecule has 1 aliphatic rings. The minimum absolute atomic E-state index is 0.243. The van der Waals surface area contributed by atoms with Crippen molar-refractivity contribution in [3.8, 4) is 5.69 Å². The molecule has 0 aliphatic heterocycles. The lowest BCUT2D eigenvalue weighted by atomic mass is 9.96. The molecule has 0 atom stereocenters. The van der Waals surface area contributed by atoms with Crippen LogP contribution in [0.15, 0.2) is 34.8 Å². The first-order chi connectivity index (χ1) is 11.9. The van der Waals surface area contributed by atoms with Crippen LogP contribution in [0.25, 0.3) is 5.69 Å². The number of amides is 2. The number of para-hydroxylation sites is 1. The summed E-state index contributed by atoms with van der Waals surface area (Å²) in [5.41, 5.74) is 8.00. The van der Waals surface area contributed by atoms with Crippen molar-refractivity contribution in [2.24, 2.45) is 5.73 Å². The van der Waals surface area contributed by atoms with Gasteiger partial charge in [0.1, 0.15) is 5.54 Å². The summed E-state index contributed by atoms with van der Waals surface area (Å²) in [4.78, 5) is 24.8. The topological polar surface area (TPSA) is 77.1 Å². The molecule has 2 aromatic rings. The number of hydrogen-bond donors (Lipinski definition) is 2. The number of hydrogen-bond acceptors (Lipinski definition) is 2. The van der Waals surface area contributed by atoms with Gasteiger partial charge in [-0.25, -0.2) is 0 Å². The van der Waals surface area contributed by atoms with Gasteiger partial charge in [0.05, 0.1) is 11.3 Å². The van der Waals surface area contributed by atoms with Gasteiger partial charge in [0.25, 0.3) is 5.91 Å². The van der Waals surface area contributed by atoms with Crippen LogP contribution in [0.5, 0.6) is 0 Å². The molecule has 2 amide bonds. The largest absolute Gasteiger partial charge is 0.368 e. The van der Waals surface area contributed by atoms with Gasteiger partial charge in [-0.3, -0.25) is 9.59 Å². The number of benzene rings is 1. The van der Waals surface area contributed by atoms with Gasteiger partial charge < -0.3 is 15.6 Å². The lowest BCUT2D eigenvalue weighted by Crippen LogP contribution is -2.55. The molecule has 25 heavy (non-hydrogen) atoms. The van der Waals surface area contributed by atoms with Gasteiger partial charge in [-0.15, -0.1) is 0 Å². The summed E-state index contributed by atoms with van der Waals surface area (Å²) in [6, 6.07) is 9.72. The van der Waals surface area contributed by atoms with Crippen LogP contribution in [0.4, 0.5) is 0 Å². The third-order valence-corrected chi connectivity index (χ3v) is 5.72. The maximum Gasteiger partial charge on any atom is 0.253 e. The third kappa shape index (κ3) is 3.11. The van der Waals surface area contributed by atoms with Crippen molar-refractivity contribution >= 4 is 27.7 Å². The van der Waals surface area contributed by atoms with E-state index in [2.05, 4.69) is 21.2 Å². The molecule has 1 saturated carbocycles. The molecule has 1 aliphatic carbocycles. The number of carbonyl (C=O) groups is 2. The van der Waals surface area contributed by atoms with Crippen LogP contribution in [0.2, 0.25) is 0 Å². The summed E-state index contributed by atoms with van der Waals surface area (Å²) in [7, 11) is 0. The summed E-state index contributed by atoms with van der Waals surface area (Å²) in [5, 5.41) is 2.92. The Bertz CT molecular complexity index is 835. The fraction of sp³-hybridized carbons (Fsp3) is 0.368. The molecule has 5 nitrogen and oxygen atoms in total. The molecule has 1 fully saturated rings. The second kappa shape index (κ2) is 6.67. The average Bonchev–Trinajstić information content (AvgIpc) is 3.14. The zero-order valence-corrected chi connectivity index (χ0v) is 16.0. The quantitative estimate of drug-likeness (QED) is 0.820. The third-order valence-electron chi connectivity index (χ3n) is 5.05. The highest BCUT2D eigenvalue weighted by Gasteiger charge is 2.41. The number of aryl methyl sites for hydroxylation is 1. The van der Waals surface area contributed by atoms with Crippen molar-refractivity contribution in [3.63, 3.8) is 0 Å². The number of nitrogens with two attached hydrogens (primary N) is 1. The van der Waals surface area contributed by atoms with E-state index in [1.165, 1.54) is 0 Å².